The third kappa shape index (κ3) is 27.0. The van der Waals surface area contributed by atoms with E-state index in [0.717, 1.165) is 62.5 Å². The Balaban J connectivity index is 1.63. The minimum atomic E-state index is -0.380. The van der Waals surface area contributed by atoms with E-state index in [-0.39, 0.29) is 12.4 Å². The number of nitrogens with zero attached hydrogens (tertiary/aromatic N) is 1. The molecule has 0 saturated carbocycles. The van der Waals surface area contributed by atoms with Gasteiger partial charge in [-0.25, -0.2) is 0 Å². The first-order chi connectivity index (χ1) is 26.1. The van der Waals surface area contributed by atoms with Crippen molar-refractivity contribution < 1.29 is 18.9 Å². The van der Waals surface area contributed by atoms with Gasteiger partial charge in [-0.05, 0) is 103 Å². The highest BCUT2D eigenvalue weighted by Crippen LogP contribution is 2.33. The second-order valence-electron chi connectivity index (χ2n) is 15.3. The first-order valence-electron chi connectivity index (χ1n) is 22.0. The summed E-state index contributed by atoms with van der Waals surface area (Å²) in [5.74, 6) is 1.70. The van der Waals surface area contributed by atoms with Crippen LogP contribution in [-0.2, 0) is 9.47 Å². The lowest BCUT2D eigenvalue weighted by Crippen LogP contribution is -2.27. The Morgan fingerprint density at radius 3 is 1.40 bits per heavy atom. The van der Waals surface area contributed by atoms with Crippen LogP contribution in [-0.4, -0.2) is 51.5 Å². The lowest BCUT2D eigenvalue weighted by molar-refractivity contribution is -0.0629. The molecule has 0 aromatic heterocycles. The Labute approximate surface area is 327 Å². The van der Waals surface area contributed by atoms with Crippen LogP contribution in [0.2, 0.25) is 0 Å². The Morgan fingerprint density at radius 2 is 0.962 bits per heavy atom. The van der Waals surface area contributed by atoms with Crippen molar-refractivity contribution in [1.82, 2.24) is 4.90 Å². The van der Waals surface area contributed by atoms with Crippen LogP contribution in [0.15, 0.2) is 66.8 Å². The van der Waals surface area contributed by atoms with Gasteiger partial charge in [-0.1, -0.05) is 140 Å². The summed E-state index contributed by atoms with van der Waals surface area (Å²) in [6.45, 7) is 7.41. The molecule has 1 aromatic carbocycles. The molecule has 0 spiro atoms. The third-order valence-corrected chi connectivity index (χ3v) is 9.72. The minimum Gasteiger partial charge on any atom is -0.493 e. The predicted octanol–water partition coefficient (Wildman–Crippen LogP) is 14.0. The fourth-order valence-electron chi connectivity index (χ4n) is 6.58. The van der Waals surface area contributed by atoms with Crippen molar-refractivity contribution in [2.45, 2.75) is 180 Å². The van der Waals surface area contributed by atoms with Gasteiger partial charge in [0.1, 0.15) is 11.5 Å². The van der Waals surface area contributed by atoms with Crippen molar-refractivity contribution in [3.63, 3.8) is 0 Å². The SMILES string of the molecule is CCCCC/C=C\C/C=C\CCCCCCCCOc1cc(OCCCCCCCC/C=C\C/C=C\CCCCC)cc(C2OCC(CN(C)C)O2)c1. The topological polar surface area (TPSA) is 40.2 Å². The smallest absolute Gasteiger partial charge is 0.184 e. The molecule has 0 radical (unpaired) electrons. The van der Waals surface area contributed by atoms with Gasteiger partial charge in [0.15, 0.2) is 6.29 Å². The monoisotopic (exact) mass is 736 g/mol. The zero-order valence-corrected chi connectivity index (χ0v) is 34.9. The van der Waals surface area contributed by atoms with Gasteiger partial charge in [0.05, 0.1) is 25.9 Å². The minimum absolute atomic E-state index is 0.0699. The standard InChI is InChI=1S/C48H81NO4/c1-5-7-9-11-13-15-17-19-21-23-25-27-29-31-33-35-37-50-45-39-44(48-52-43-47(53-48)42-49(3)4)40-46(41-45)51-38-36-34-32-30-28-26-24-22-20-18-16-14-12-10-8-6-2/h13-16,19-22,39-41,47-48H,5-12,17-18,23-38,42-43H2,1-4H3/b15-13-,16-14-,21-19-,22-20-. The highest BCUT2D eigenvalue weighted by molar-refractivity contribution is 5.39. The maximum atomic E-state index is 6.27. The van der Waals surface area contributed by atoms with Crippen LogP contribution >= 0.6 is 0 Å². The Kier molecular flexibility index (Phi) is 30.2. The molecule has 1 heterocycles. The summed E-state index contributed by atoms with van der Waals surface area (Å²) in [5, 5.41) is 0. The van der Waals surface area contributed by atoms with Gasteiger partial charge in [-0.3, -0.25) is 0 Å². The van der Waals surface area contributed by atoms with E-state index in [1.807, 2.05) is 6.07 Å². The van der Waals surface area contributed by atoms with Crippen LogP contribution in [0.4, 0.5) is 0 Å². The molecule has 1 aromatic rings. The zero-order chi connectivity index (χ0) is 37.9. The molecule has 0 bridgehead atoms. The largest absolute Gasteiger partial charge is 0.493 e. The molecule has 1 saturated heterocycles. The molecule has 0 N–H and O–H groups in total. The second kappa shape index (κ2) is 34.2. The average molecular weight is 736 g/mol. The first-order valence-corrected chi connectivity index (χ1v) is 22.0. The molecule has 302 valence electrons. The maximum absolute atomic E-state index is 6.27. The molecule has 2 rings (SSSR count). The second-order valence-corrected chi connectivity index (χ2v) is 15.3. The number of rotatable bonds is 35. The normalized spacial score (nSPS) is 16.5. The number of ether oxygens (including phenoxy) is 4. The van der Waals surface area contributed by atoms with Gasteiger partial charge >= 0.3 is 0 Å². The van der Waals surface area contributed by atoms with Crippen LogP contribution in [0, 0.1) is 0 Å². The quantitative estimate of drug-likeness (QED) is 0.0513. The molecule has 1 fully saturated rings. The van der Waals surface area contributed by atoms with E-state index in [9.17, 15) is 0 Å². The molecule has 2 atom stereocenters. The van der Waals surface area contributed by atoms with Crippen molar-refractivity contribution >= 4 is 0 Å². The molecule has 1 aliphatic rings. The molecule has 1 aliphatic heterocycles. The van der Waals surface area contributed by atoms with Gasteiger partial charge in [0.25, 0.3) is 0 Å². The summed E-state index contributed by atoms with van der Waals surface area (Å²) in [6.07, 6.45) is 48.2. The van der Waals surface area contributed by atoms with Crippen molar-refractivity contribution in [1.29, 1.82) is 0 Å². The summed E-state index contributed by atoms with van der Waals surface area (Å²) in [5.41, 5.74) is 0.979. The van der Waals surface area contributed by atoms with Crippen molar-refractivity contribution in [3.8, 4) is 11.5 Å². The molecular weight excluding hydrogens is 655 g/mol. The lowest BCUT2D eigenvalue weighted by Gasteiger charge is -2.17. The van der Waals surface area contributed by atoms with E-state index >= 15 is 0 Å². The Morgan fingerprint density at radius 1 is 0.547 bits per heavy atom. The summed E-state index contributed by atoms with van der Waals surface area (Å²) in [6, 6.07) is 6.19. The van der Waals surface area contributed by atoms with Gasteiger partial charge in [0, 0.05) is 18.2 Å². The molecule has 5 nitrogen and oxygen atoms in total. The van der Waals surface area contributed by atoms with E-state index in [0.29, 0.717) is 6.61 Å². The summed E-state index contributed by atoms with van der Waals surface area (Å²) >= 11 is 0. The fraction of sp³-hybridized carbons (Fsp3) is 0.708. The highest BCUT2D eigenvalue weighted by Gasteiger charge is 2.28. The van der Waals surface area contributed by atoms with Crippen molar-refractivity contribution in [2.75, 3.05) is 40.5 Å². The number of unbranched alkanes of at least 4 members (excludes halogenated alkanes) is 18. The van der Waals surface area contributed by atoms with Gasteiger partial charge in [0.2, 0.25) is 0 Å². The molecular formula is C48H81NO4. The average Bonchev–Trinajstić information content (AvgIpc) is 3.62. The first kappa shape index (κ1) is 46.8. The van der Waals surface area contributed by atoms with E-state index in [2.05, 4.69) is 93.6 Å². The molecule has 0 amide bonds. The van der Waals surface area contributed by atoms with E-state index in [1.54, 1.807) is 0 Å². The zero-order valence-electron chi connectivity index (χ0n) is 34.9. The van der Waals surface area contributed by atoms with Crippen LogP contribution in [0.3, 0.4) is 0 Å². The number of benzene rings is 1. The van der Waals surface area contributed by atoms with Crippen LogP contribution in [0.25, 0.3) is 0 Å². The number of allylic oxidation sites excluding steroid dienone is 8. The number of likely N-dealkylation sites (N-methyl/N-ethyl adjacent to an activating group) is 1. The molecule has 53 heavy (non-hydrogen) atoms. The predicted molar refractivity (Wildman–Crippen MR) is 228 cm³/mol. The molecule has 2 unspecified atom stereocenters. The Bertz CT molecular complexity index is 1020. The van der Waals surface area contributed by atoms with Crippen molar-refractivity contribution in [2.24, 2.45) is 0 Å². The van der Waals surface area contributed by atoms with Crippen LogP contribution in [0.1, 0.15) is 180 Å². The highest BCUT2D eigenvalue weighted by atomic mass is 16.7. The summed E-state index contributed by atoms with van der Waals surface area (Å²) < 4.78 is 24.9. The van der Waals surface area contributed by atoms with Crippen LogP contribution < -0.4 is 9.47 Å². The van der Waals surface area contributed by atoms with Crippen molar-refractivity contribution in [3.05, 3.63) is 72.4 Å². The molecule has 0 aliphatic carbocycles. The lowest BCUT2D eigenvalue weighted by atomic mass is 10.1. The summed E-state index contributed by atoms with van der Waals surface area (Å²) in [4.78, 5) is 2.14. The molecule has 5 heteroatoms. The number of hydrogen-bond acceptors (Lipinski definition) is 5. The fourth-order valence-corrected chi connectivity index (χ4v) is 6.58. The third-order valence-electron chi connectivity index (χ3n) is 9.72. The van der Waals surface area contributed by atoms with Gasteiger partial charge in [-0.2, -0.15) is 0 Å². The Hall–Kier alpha value is -2.34. The van der Waals surface area contributed by atoms with E-state index in [1.165, 1.54) is 128 Å². The van der Waals surface area contributed by atoms with Crippen LogP contribution in [0.5, 0.6) is 11.5 Å². The van der Waals surface area contributed by atoms with E-state index in [4.69, 9.17) is 18.9 Å². The van der Waals surface area contributed by atoms with Gasteiger partial charge in [-0.15, -0.1) is 0 Å². The van der Waals surface area contributed by atoms with E-state index < -0.39 is 0 Å². The maximum Gasteiger partial charge on any atom is 0.184 e. The number of hydrogen-bond donors (Lipinski definition) is 0. The summed E-state index contributed by atoms with van der Waals surface area (Å²) in [7, 11) is 4.14. The van der Waals surface area contributed by atoms with Gasteiger partial charge < -0.3 is 23.8 Å².